The van der Waals surface area contributed by atoms with Crippen LogP contribution in [0.1, 0.15) is 26.7 Å². The molecule has 0 aliphatic rings. The van der Waals surface area contributed by atoms with Crippen LogP contribution in [-0.4, -0.2) is 28.9 Å². The summed E-state index contributed by atoms with van der Waals surface area (Å²) < 4.78 is 29.5. The number of hydrogen-bond donors (Lipinski definition) is 1. The fraction of sp³-hybridized carbons (Fsp3) is 0.286. The summed E-state index contributed by atoms with van der Waals surface area (Å²) in [5.41, 5.74) is 1.07. The van der Waals surface area contributed by atoms with Crippen LogP contribution in [0, 0.1) is 5.82 Å². The zero-order valence-corrected chi connectivity index (χ0v) is 16.2. The van der Waals surface area contributed by atoms with E-state index >= 15 is 0 Å². The molecule has 0 radical (unpaired) electrons. The molecule has 29 heavy (non-hydrogen) atoms. The Morgan fingerprint density at radius 2 is 1.93 bits per heavy atom. The van der Waals surface area contributed by atoms with Gasteiger partial charge in [-0.2, -0.15) is 0 Å². The standard InChI is InChI=1S/C21H22FN3O4/c1-3-4-13-27-16-11-9-15(10-12-16)19-20(25-29-24-19)23-21(26)14(2)28-18-8-6-5-7-17(18)22/h5-12,14H,3-4,13H2,1-2H3,(H,23,25,26)/t14-/m0/s1. The van der Waals surface area contributed by atoms with Crippen molar-refractivity contribution in [2.45, 2.75) is 32.8 Å². The lowest BCUT2D eigenvalue weighted by atomic mass is 10.1. The minimum Gasteiger partial charge on any atom is -0.494 e. The molecule has 3 aromatic rings. The average molecular weight is 399 g/mol. The quantitative estimate of drug-likeness (QED) is 0.535. The normalized spacial score (nSPS) is 11.7. The van der Waals surface area contributed by atoms with Gasteiger partial charge in [-0.3, -0.25) is 4.79 Å². The molecular weight excluding hydrogens is 377 g/mol. The summed E-state index contributed by atoms with van der Waals surface area (Å²) in [5, 5.41) is 10.2. The van der Waals surface area contributed by atoms with Crippen molar-refractivity contribution in [3.8, 4) is 22.8 Å². The van der Waals surface area contributed by atoms with Gasteiger partial charge in [0.25, 0.3) is 5.91 Å². The van der Waals surface area contributed by atoms with Crippen molar-refractivity contribution in [2.75, 3.05) is 11.9 Å². The van der Waals surface area contributed by atoms with E-state index in [1.807, 2.05) is 12.1 Å². The number of nitrogens with one attached hydrogen (secondary N) is 1. The molecule has 0 aliphatic carbocycles. The summed E-state index contributed by atoms with van der Waals surface area (Å²) in [4.78, 5) is 12.4. The lowest BCUT2D eigenvalue weighted by Gasteiger charge is -2.14. The number of nitrogens with zero attached hydrogens (tertiary/aromatic N) is 2. The second-order valence-electron chi connectivity index (χ2n) is 6.37. The van der Waals surface area contributed by atoms with Gasteiger partial charge < -0.3 is 14.8 Å². The number of hydrogen-bond acceptors (Lipinski definition) is 6. The third kappa shape index (κ3) is 5.31. The Labute approximate surface area is 167 Å². The first-order chi connectivity index (χ1) is 14.1. The van der Waals surface area contributed by atoms with Gasteiger partial charge in [0.05, 0.1) is 6.61 Å². The summed E-state index contributed by atoms with van der Waals surface area (Å²) >= 11 is 0. The van der Waals surface area contributed by atoms with Gasteiger partial charge in [0.15, 0.2) is 23.4 Å². The number of benzene rings is 2. The zero-order valence-electron chi connectivity index (χ0n) is 16.2. The smallest absolute Gasteiger partial charge is 0.266 e. The van der Waals surface area contributed by atoms with Crippen molar-refractivity contribution in [3.05, 3.63) is 54.3 Å². The van der Waals surface area contributed by atoms with Crippen molar-refractivity contribution < 1.29 is 23.3 Å². The van der Waals surface area contributed by atoms with Gasteiger partial charge in [0, 0.05) is 5.56 Å². The Bertz CT molecular complexity index is 943. The highest BCUT2D eigenvalue weighted by Crippen LogP contribution is 2.27. The van der Waals surface area contributed by atoms with Crippen LogP contribution in [0.3, 0.4) is 0 Å². The molecule has 2 aromatic carbocycles. The Balaban J connectivity index is 1.65. The summed E-state index contributed by atoms with van der Waals surface area (Å²) in [6.45, 7) is 4.27. The van der Waals surface area contributed by atoms with Crippen molar-refractivity contribution in [2.24, 2.45) is 0 Å². The summed E-state index contributed by atoms with van der Waals surface area (Å²) in [7, 11) is 0. The Morgan fingerprint density at radius 1 is 1.17 bits per heavy atom. The van der Waals surface area contributed by atoms with E-state index in [2.05, 4.69) is 22.6 Å². The first kappa shape index (κ1) is 20.3. The molecule has 3 rings (SSSR count). The van der Waals surface area contributed by atoms with Crippen LogP contribution < -0.4 is 14.8 Å². The number of anilines is 1. The molecule has 0 bridgehead atoms. The summed E-state index contributed by atoms with van der Waals surface area (Å²) in [5.74, 6) is -0.163. The predicted molar refractivity (Wildman–Crippen MR) is 105 cm³/mol. The van der Waals surface area contributed by atoms with Crippen molar-refractivity contribution in [3.63, 3.8) is 0 Å². The van der Waals surface area contributed by atoms with Gasteiger partial charge in [-0.05, 0) is 60.1 Å². The summed E-state index contributed by atoms with van der Waals surface area (Å²) in [6.07, 6.45) is 1.09. The molecule has 152 valence electrons. The number of ether oxygens (including phenoxy) is 2. The van der Waals surface area contributed by atoms with Crippen LogP contribution in [-0.2, 0) is 4.79 Å². The first-order valence-corrected chi connectivity index (χ1v) is 9.36. The van der Waals surface area contributed by atoms with Crippen LogP contribution in [0.25, 0.3) is 11.3 Å². The molecule has 1 heterocycles. The highest BCUT2D eigenvalue weighted by Gasteiger charge is 2.21. The van der Waals surface area contributed by atoms with Crippen LogP contribution in [0.2, 0.25) is 0 Å². The molecule has 1 N–H and O–H groups in total. The zero-order chi connectivity index (χ0) is 20.6. The van der Waals surface area contributed by atoms with Gasteiger partial charge in [-0.1, -0.05) is 25.5 Å². The fourth-order valence-corrected chi connectivity index (χ4v) is 2.51. The lowest BCUT2D eigenvalue weighted by molar-refractivity contribution is -0.122. The SMILES string of the molecule is CCCCOc1ccc(-c2nonc2NC(=O)[C@H](C)Oc2ccccc2F)cc1. The fourth-order valence-electron chi connectivity index (χ4n) is 2.51. The topological polar surface area (TPSA) is 86.5 Å². The second-order valence-corrected chi connectivity index (χ2v) is 6.37. The minimum absolute atomic E-state index is 0.00712. The van der Waals surface area contributed by atoms with Crippen LogP contribution in [0.4, 0.5) is 10.2 Å². The van der Waals surface area contributed by atoms with Crippen molar-refractivity contribution in [1.29, 1.82) is 0 Å². The van der Waals surface area contributed by atoms with Crippen molar-refractivity contribution in [1.82, 2.24) is 10.3 Å². The van der Waals surface area contributed by atoms with Crippen LogP contribution in [0.5, 0.6) is 11.5 Å². The number of para-hydroxylation sites is 1. The Kier molecular flexibility index (Phi) is 6.78. The highest BCUT2D eigenvalue weighted by atomic mass is 19.1. The molecule has 0 aliphatic heterocycles. The number of amides is 1. The number of aromatic nitrogens is 2. The number of halogens is 1. The largest absolute Gasteiger partial charge is 0.494 e. The van der Waals surface area contributed by atoms with E-state index in [0.717, 1.165) is 18.6 Å². The second kappa shape index (κ2) is 9.68. The highest BCUT2D eigenvalue weighted by molar-refractivity contribution is 5.95. The molecule has 8 heteroatoms. The molecule has 0 fully saturated rings. The van der Waals surface area contributed by atoms with E-state index in [4.69, 9.17) is 14.1 Å². The Hall–Kier alpha value is -3.42. The number of rotatable bonds is 9. The molecule has 1 amide bonds. The van der Waals surface area contributed by atoms with E-state index in [1.165, 1.54) is 19.1 Å². The van der Waals surface area contributed by atoms with Gasteiger partial charge >= 0.3 is 0 Å². The lowest BCUT2D eigenvalue weighted by Crippen LogP contribution is -2.30. The van der Waals surface area contributed by atoms with E-state index in [-0.39, 0.29) is 11.6 Å². The predicted octanol–water partition coefficient (Wildman–Crippen LogP) is 4.46. The molecule has 0 saturated heterocycles. The minimum atomic E-state index is -0.953. The molecule has 1 atom stereocenters. The van der Waals surface area contributed by atoms with E-state index in [1.54, 1.807) is 24.3 Å². The number of unbranched alkanes of at least 4 members (excludes halogenated alkanes) is 1. The van der Waals surface area contributed by atoms with Gasteiger partial charge in [0.2, 0.25) is 5.82 Å². The van der Waals surface area contributed by atoms with Crippen LogP contribution in [0.15, 0.2) is 53.2 Å². The van der Waals surface area contributed by atoms with E-state index in [0.29, 0.717) is 17.9 Å². The average Bonchev–Trinajstić information content (AvgIpc) is 3.18. The van der Waals surface area contributed by atoms with Crippen LogP contribution >= 0.6 is 0 Å². The van der Waals surface area contributed by atoms with Gasteiger partial charge in [0.1, 0.15) is 5.75 Å². The number of carbonyl (C=O) groups excluding carboxylic acids is 1. The molecule has 0 spiro atoms. The molecule has 7 nitrogen and oxygen atoms in total. The molecule has 0 saturated carbocycles. The number of carbonyl (C=O) groups is 1. The molecule has 0 unspecified atom stereocenters. The van der Waals surface area contributed by atoms with E-state index < -0.39 is 17.8 Å². The Morgan fingerprint density at radius 3 is 2.66 bits per heavy atom. The van der Waals surface area contributed by atoms with Gasteiger partial charge in [-0.25, -0.2) is 9.02 Å². The van der Waals surface area contributed by atoms with E-state index in [9.17, 15) is 9.18 Å². The summed E-state index contributed by atoms with van der Waals surface area (Å²) in [6, 6.07) is 13.1. The maximum absolute atomic E-state index is 13.7. The third-order valence-corrected chi connectivity index (χ3v) is 4.13. The molecular formula is C21H22FN3O4. The molecule has 1 aromatic heterocycles. The van der Waals surface area contributed by atoms with Crippen molar-refractivity contribution >= 4 is 11.7 Å². The monoisotopic (exact) mass is 399 g/mol. The maximum Gasteiger partial charge on any atom is 0.266 e. The van der Waals surface area contributed by atoms with Gasteiger partial charge in [-0.15, -0.1) is 0 Å². The first-order valence-electron chi connectivity index (χ1n) is 9.36. The maximum atomic E-state index is 13.7. The third-order valence-electron chi connectivity index (χ3n) is 4.13.